The van der Waals surface area contributed by atoms with Crippen LogP contribution in [0.25, 0.3) is 22.0 Å². The van der Waals surface area contributed by atoms with Crippen molar-refractivity contribution in [2.45, 2.75) is 13.0 Å². The average molecular weight is 506 g/mol. The molecule has 0 amide bonds. The van der Waals surface area contributed by atoms with Gasteiger partial charge in [-0.15, -0.1) is 0 Å². The Morgan fingerprint density at radius 1 is 0.889 bits per heavy atom. The molecule has 0 spiro atoms. The van der Waals surface area contributed by atoms with Gasteiger partial charge in [-0.3, -0.25) is 0 Å². The van der Waals surface area contributed by atoms with E-state index in [-0.39, 0.29) is 26.0 Å². The van der Waals surface area contributed by atoms with Crippen LogP contribution >= 0.6 is 0 Å². The van der Waals surface area contributed by atoms with Gasteiger partial charge in [0, 0.05) is 12.5 Å². The quantitative estimate of drug-likeness (QED) is 0.234. The van der Waals surface area contributed by atoms with Gasteiger partial charge in [-0.2, -0.15) is 4.57 Å². The van der Waals surface area contributed by atoms with Gasteiger partial charge >= 0.3 is 5.97 Å². The lowest BCUT2D eigenvalue weighted by atomic mass is 9.95. The molecule has 0 aliphatic carbocycles. The number of pyridine rings is 1. The number of hydrogen-bond acceptors (Lipinski definition) is 7. The number of rotatable bonds is 3. The molecule has 9 heteroatoms. The summed E-state index contributed by atoms with van der Waals surface area (Å²) >= 11 is 0. The smallest absolute Gasteiger partial charge is 0.343 e. The first-order valence-corrected chi connectivity index (χ1v) is 11.3. The lowest BCUT2D eigenvalue weighted by Crippen LogP contribution is -3.00. The first-order valence-electron chi connectivity index (χ1n) is 11.3. The molecule has 0 saturated carbocycles. The minimum absolute atomic E-state index is 0. The molecule has 4 aromatic rings. The van der Waals surface area contributed by atoms with Crippen molar-refractivity contribution in [3.05, 3.63) is 65.9 Å². The molecule has 4 heterocycles. The first-order chi connectivity index (χ1) is 17.2. The number of aromatic nitrogens is 1. The maximum absolute atomic E-state index is 13.1. The summed E-state index contributed by atoms with van der Waals surface area (Å²) in [5.41, 5.74) is 3.76. The molecule has 0 bridgehead atoms. The SMILES string of the molecule is COc1ccc2cc3[n+](cc2c1OC(=O)c1ccc2c(c1)OCO2)CCc1cc2c(cc1-3)OCO2.[Cl-]. The van der Waals surface area contributed by atoms with Crippen LogP contribution in [-0.4, -0.2) is 26.7 Å². The minimum Gasteiger partial charge on any atom is -1.00 e. The van der Waals surface area contributed by atoms with Crippen LogP contribution in [0.4, 0.5) is 0 Å². The molecule has 0 atom stereocenters. The number of halogens is 1. The number of fused-ring (bicyclic) bond motifs is 6. The summed E-state index contributed by atoms with van der Waals surface area (Å²) in [7, 11) is 1.56. The molecule has 36 heavy (non-hydrogen) atoms. The van der Waals surface area contributed by atoms with E-state index in [2.05, 4.69) is 16.7 Å². The van der Waals surface area contributed by atoms with E-state index in [0.717, 1.165) is 46.5 Å². The topological polar surface area (TPSA) is 76.3 Å². The Kier molecular flexibility index (Phi) is 5.26. The van der Waals surface area contributed by atoms with E-state index < -0.39 is 5.97 Å². The molecule has 8 nitrogen and oxygen atoms in total. The van der Waals surface area contributed by atoms with Gasteiger partial charge in [0.2, 0.25) is 19.3 Å². The van der Waals surface area contributed by atoms with Crippen LogP contribution in [-0.2, 0) is 13.0 Å². The van der Waals surface area contributed by atoms with Gasteiger partial charge in [-0.05, 0) is 53.4 Å². The number of carbonyl (C=O) groups excluding carboxylic acids is 1. The van der Waals surface area contributed by atoms with Crippen molar-refractivity contribution in [3.63, 3.8) is 0 Å². The molecule has 1 aromatic heterocycles. The summed E-state index contributed by atoms with van der Waals surface area (Å²) in [5.74, 6) is 3.02. The Labute approximate surface area is 212 Å². The Bertz CT molecular complexity index is 1550. The fourth-order valence-electron chi connectivity index (χ4n) is 4.84. The van der Waals surface area contributed by atoms with Gasteiger partial charge in [-0.1, -0.05) is 0 Å². The maximum Gasteiger partial charge on any atom is 0.343 e. The monoisotopic (exact) mass is 505 g/mol. The van der Waals surface area contributed by atoms with Crippen molar-refractivity contribution in [2.24, 2.45) is 0 Å². The van der Waals surface area contributed by atoms with Crippen molar-refractivity contribution in [1.29, 1.82) is 0 Å². The van der Waals surface area contributed by atoms with Crippen molar-refractivity contribution >= 4 is 16.7 Å². The van der Waals surface area contributed by atoms with Crippen LogP contribution in [0.15, 0.2) is 54.7 Å². The van der Waals surface area contributed by atoms with Crippen molar-refractivity contribution in [3.8, 4) is 45.8 Å². The molecule has 3 aliphatic heterocycles. The predicted molar refractivity (Wildman–Crippen MR) is 123 cm³/mol. The van der Waals surface area contributed by atoms with Crippen LogP contribution in [0.1, 0.15) is 15.9 Å². The predicted octanol–water partition coefficient (Wildman–Crippen LogP) is 1.04. The Hall–Kier alpha value is -4.17. The second kappa shape index (κ2) is 8.49. The number of aryl methyl sites for hydroxylation is 2. The Balaban J connectivity index is 0.00000240. The number of carbonyl (C=O) groups is 1. The zero-order valence-corrected chi connectivity index (χ0v) is 20.0. The molecule has 7 rings (SSSR count). The third-order valence-corrected chi connectivity index (χ3v) is 6.60. The molecule has 0 unspecified atom stereocenters. The lowest BCUT2D eigenvalue weighted by Gasteiger charge is -2.17. The molecule has 0 radical (unpaired) electrons. The number of hydrogen-bond donors (Lipinski definition) is 0. The molecule has 182 valence electrons. The van der Waals surface area contributed by atoms with Gasteiger partial charge in [0.05, 0.1) is 23.6 Å². The summed E-state index contributed by atoms with van der Waals surface area (Å²) in [5, 5.41) is 1.71. The molecular formula is C27H20ClNO7. The third kappa shape index (κ3) is 3.45. The zero-order valence-electron chi connectivity index (χ0n) is 19.2. The number of methoxy groups -OCH3 is 1. The van der Waals surface area contributed by atoms with Crippen LogP contribution in [0.2, 0.25) is 0 Å². The van der Waals surface area contributed by atoms with Crippen LogP contribution in [0, 0.1) is 0 Å². The fraction of sp³-hybridized carbons (Fsp3) is 0.185. The highest BCUT2D eigenvalue weighted by Crippen LogP contribution is 2.42. The third-order valence-electron chi connectivity index (χ3n) is 6.60. The fourth-order valence-corrected chi connectivity index (χ4v) is 4.84. The Morgan fingerprint density at radius 3 is 2.44 bits per heavy atom. The standard InChI is InChI=1S/C27H20NO7.ClH/c1-30-22-5-2-15-8-20-18-11-25-24(33-14-34-25)9-16(18)6-7-28(20)12-19(15)26(22)35-27(29)17-3-4-21-23(10-17)32-13-31-21;/h2-5,8-12H,6-7,13-14H2,1H3;1H/q+1;/p-1. The van der Waals surface area contributed by atoms with E-state index in [0.29, 0.717) is 28.6 Å². The number of nitrogens with zero attached hydrogens (tertiary/aromatic N) is 1. The summed E-state index contributed by atoms with van der Waals surface area (Å²) < 4.78 is 35.5. The zero-order chi connectivity index (χ0) is 23.5. The highest BCUT2D eigenvalue weighted by atomic mass is 35.5. The largest absolute Gasteiger partial charge is 1.00 e. The molecule has 0 fully saturated rings. The van der Waals surface area contributed by atoms with Gasteiger partial charge in [0.25, 0.3) is 0 Å². The van der Waals surface area contributed by atoms with Crippen molar-refractivity contribution < 1.29 is 50.2 Å². The first kappa shape index (κ1) is 22.3. The lowest BCUT2D eigenvalue weighted by molar-refractivity contribution is -0.686. The molecule has 3 aliphatic rings. The molecule has 3 aromatic carbocycles. The second-order valence-electron chi connectivity index (χ2n) is 8.52. The number of esters is 1. The van der Waals surface area contributed by atoms with Crippen molar-refractivity contribution in [1.82, 2.24) is 0 Å². The van der Waals surface area contributed by atoms with E-state index in [1.165, 1.54) is 5.56 Å². The minimum atomic E-state index is -0.505. The molecule has 0 N–H and O–H groups in total. The normalized spacial score (nSPS) is 14.0. The maximum atomic E-state index is 13.1. The van der Waals surface area contributed by atoms with Crippen molar-refractivity contribution in [2.75, 3.05) is 20.7 Å². The van der Waals surface area contributed by atoms with E-state index >= 15 is 0 Å². The van der Waals surface area contributed by atoms with E-state index in [1.807, 2.05) is 24.4 Å². The van der Waals surface area contributed by atoms with E-state index in [9.17, 15) is 4.79 Å². The van der Waals surface area contributed by atoms with Gasteiger partial charge in [0.15, 0.2) is 47.2 Å². The van der Waals surface area contributed by atoms with Crippen LogP contribution < -0.4 is 45.4 Å². The summed E-state index contributed by atoms with van der Waals surface area (Å²) in [6.45, 7) is 1.16. The van der Waals surface area contributed by atoms with E-state index in [4.69, 9.17) is 28.4 Å². The average Bonchev–Trinajstić information content (AvgIpc) is 3.55. The highest BCUT2D eigenvalue weighted by molar-refractivity contribution is 5.97. The molecule has 0 saturated heterocycles. The van der Waals surface area contributed by atoms with E-state index in [1.54, 1.807) is 25.3 Å². The number of ether oxygens (including phenoxy) is 6. The van der Waals surface area contributed by atoms with Gasteiger partial charge in [-0.25, -0.2) is 4.79 Å². The summed E-state index contributed by atoms with van der Waals surface area (Å²) in [4.78, 5) is 13.1. The van der Waals surface area contributed by atoms with Gasteiger partial charge in [0.1, 0.15) is 0 Å². The summed E-state index contributed by atoms with van der Waals surface area (Å²) in [6.07, 6.45) is 2.87. The Morgan fingerprint density at radius 2 is 1.64 bits per heavy atom. The van der Waals surface area contributed by atoms with Gasteiger partial charge < -0.3 is 40.8 Å². The highest BCUT2D eigenvalue weighted by Gasteiger charge is 2.29. The van der Waals surface area contributed by atoms with Crippen LogP contribution in [0.5, 0.6) is 34.5 Å². The summed E-state index contributed by atoms with van der Waals surface area (Å²) in [6, 6.07) is 15.0. The number of benzene rings is 3. The van der Waals surface area contributed by atoms with Crippen LogP contribution in [0.3, 0.4) is 0 Å². The molecular weight excluding hydrogens is 486 g/mol. The second-order valence-corrected chi connectivity index (χ2v) is 8.52.